The van der Waals surface area contributed by atoms with Gasteiger partial charge in [-0.2, -0.15) is 0 Å². The highest BCUT2D eigenvalue weighted by Crippen LogP contribution is 2.12. The first-order valence-corrected chi connectivity index (χ1v) is 9.29. The standard InChI is InChI=1S/C18H22N2O3S/c1-14(11-12-15-7-4-3-5-8-15)20-18(21)16-9-6-10-17(13-16)24(22,23)19-2/h3-10,13-14,19H,11-12H2,1-2H3,(H,20,21). The van der Waals surface area contributed by atoms with Gasteiger partial charge in [0.1, 0.15) is 0 Å². The number of aryl methyl sites for hydroxylation is 1. The van der Waals surface area contributed by atoms with Crippen molar-refractivity contribution < 1.29 is 13.2 Å². The minimum Gasteiger partial charge on any atom is -0.350 e. The Balaban J connectivity index is 1.98. The topological polar surface area (TPSA) is 75.3 Å². The van der Waals surface area contributed by atoms with Crippen molar-refractivity contribution in [3.63, 3.8) is 0 Å². The molecule has 0 bridgehead atoms. The van der Waals surface area contributed by atoms with Gasteiger partial charge in [0.2, 0.25) is 10.0 Å². The fourth-order valence-corrected chi connectivity index (χ4v) is 3.11. The lowest BCUT2D eigenvalue weighted by atomic mass is 10.1. The van der Waals surface area contributed by atoms with E-state index in [1.54, 1.807) is 12.1 Å². The normalized spacial score (nSPS) is 12.6. The van der Waals surface area contributed by atoms with Crippen LogP contribution in [0.15, 0.2) is 59.5 Å². The van der Waals surface area contributed by atoms with E-state index in [4.69, 9.17) is 0 Å². The van der Waals surface area contributed by atoms with E-state index < -0.39 is 10.0 Å². The van der Waals surface area contributed by atoms with Gasteiger partial charge >= 0.3 is 0 Å². The molecule has 0 aliphatic heterocycles. The van der Waals surface area contributed by atoms with Crippen molar-refractivity contribution in [2.24, 2.45) is 0 Å². The molecule has 0 aromatic heterocycles. The number of hydrogen-bond acceptors (Lipinski definition) is 3. The van der Waals surface area contributed by atoms with Crippen LogP contribution in [-0.4, -0.2) is 27.4 Å². The lowest BCUT2D eigenvalue weighted by molar-refractivity contribution is 0.0938. The zero-order valence-corrected chi connectivity index (χ0v) is 14.6. The molecule has 1 atom stereocenters. The van der Waals surface area contributed by atoms with Gasteiger partial charge in [0.05, 0.1) is 4.90 Å². The van der Waals surface area contributed by atoms with Gasteiger partial charge in [-0.1, -0.05) is 36.4 Å². The Morgan fingerprint density at radius 1 is 1.08 bits per heavy atom. The number of benzene rings is 2. The summed E-state index contributed by atoms with van der Waals surface area (Å²) in [6, 6.07) is 16.1. The highest BCUT2D eigenvalue weighted by molar-refractivity contribution is 7.89. The molecule has 1 amide bonds. The molecule has 0 spiro atoms. The van der Waals surface area contributed by atoms with Gasteiger partial charge in [-0.05, 0) is 50.6 Å². The van der Waals surface area contributed by atoms with Gasteiger partial charge in [-0.25, -0.2) is 13.1 Å². The van der Waals surface area contributed by atoms with Crippen LogP contribution in [0.2, 0.25) is 0 Å². The van der Waals surface area contributed by atoms with Crippen LogP contribution in [0, 0.1) is 0 Å². The van der Waals surface area contributed by atoms with Crippen LogP contribution in [0.4, 0.5) is 0 Å². The third kappa shape index (κ3) is 4.91. The van der Waals surface area contributed by atoms with Crippen LogP contribution in [0.5, 0.6) is 0 Å². The van der Waals surface area contributed by atoms with Gasteiger partial charge in [0.25, 0.3) is 5.91 Å². The van der Waals surface area contributed by atoms with Crippen LogP contribution < -0.4 is 10.0 Å². The minimum atomic E-state index is -3.56. The smallest absolute Gasteiger partial charge is 0.251 e. The van der Waals surface area contributed by atoms with Crippen molar-refractivity contribution in [2.75, 3.05) is 7.05 Å². The SMILES string of the molecule is CNS(=O)(=O)c1cccc(C(=O)NC(C)CCc2ccccc2)c1. The molecule has 128 valence electrons. The van der Waals surface area contributed by atoms with Crippen LogP contribution in [0.25, 0.3) is 0 Å². The Morgan fingerprint density at radius 3 is 2.46 bits per heavy atom. The summed E-state index contributed by atoms with van der Waals surface area (Å²) in [6.45, 7) is 1.94. The molecule has 0 heterocycles. The fourth-order valence-electron chi connectivity index (χ4n) is 2.33. The molecule has 6 heteroatoms. The van der Waals surface area contributed by atoms with Gasteiger partial charge in [0.15, 0.2) is 0 Å². The summed E-state index contributed by atoms with van der Waals surface area (Å²) in [5.41, 5.74) is 1.55. The van der Waals surface area contributed by atoms with Crippen molar-refractivity contribution in [2.45, 2.75) is 30.7 Å². The molecule has 0 aliphatic rings. The Bertz CT molecular complexity index is 789. The first kappa shape index (κ1) is 18.2. The summed E-state index contributed by atoms with van der Waals surface area (Å²) in [5, 5.41) is 2.91. The molecule has 2 aromatic carbocycles. The summed E-state index contributed by atoms with van der Waals surface area (Å²) < 4.78 is 25.9. The van der Waals surface area contributed by atoms with E-state index in [0.29, 0.717) is 5.56 Å². The van der Waals surface area contributed by atoms with Crippen LogP contribution >= 0.6 is 0 Å². The maximum Gasteiger partial charge on any atom is 0.251 e. The van der Waals surface area contributed by atoms with Crippen LogP contribution in [0.1, 0.15) is 29.3 Å². The second-order valence-corrected chi connectivity index (χ2v) is 7.52. The maximum atomic E-state index is 12.3. The average Bonchev–Trinajstić information content (AvgIpc) is 2.61. The Labute approximate surface area is 143 Å². The quantitative estimate of drug-likeness (QED) is 0.808. The number of hydrogen-bond donors (Lipinski definition) is 2. The third-order valence-corrected chi connectivity index (χ3v) is 5.17. The van der Waals surface area contributed by atoms with Crippen molar-refractivity contribution in [1.82, 2.24) is 10.0 Å². The summed E-state index contributed by atoms with van der Waals surface area (Å²) in [7, 11) is -2.22. The zero-order chi connectivity index (χ0) is 17.6. The van der Waals surface area contributed by atoms with Crippen molar-refractivity contribution in [1.29, 1.82) is 0 Å². The van der Waals surface area contributed by atoms with Gasteiger partial charge in [-0.3, -0.25) is 4.79 Å². The molecule has 0 saturated carbocycles. The van der Waals surface area contributed by atoms with Gasteiger partial charge in [0, 0.05) is 11.6 Å². The Hall–Kier alpha value is -2.18. The number of rotatable bonds is 7. The predicted molar refractivity (Wildman–Crippen MR) is 94.4 cm³/mol. The third-order valence-electron chi connectivity index (χ3n) is 3.76. The van der Waals surface area contributed by atoms with Crippen molar-refractivity contribution in [3.8, 4) is 0 Å². The molecule has 1 unspecified atom stereocenters. The molecule has 0 saturated heterocycles. The second kappa shape index (κ2) is 8.08. The number of amides is 1. The lowest BCUT2D eigenvalue weighted by Gasteiger charge is -2.14. The van der Waals surface area contributed by atoms with E-state index in [9.17, 15) is 13.2 Å². The molecule has 2 aromatic rings. The van der Waals surface area contributed by atoms with Crippen LogP contribution in [-0.2, 0) is 16.4 Å². The van der Waals surface area contributed by atoms with E-state index in [-0.39, 0.29) is 16.8 Å². The number of carbonyl (C=O) groups is 1. The first-order valence-electron chi connectivity index (χ1n) is 7.81. The van der Waals surface area contributed by atoms with E-state index in [2.05, 4.69) is 22.2 Å². The van der Waals surface area contributed by atoms with Gasteiger partial charge in [-0.15, -0.1) is 0 Å². The van der Waals surface area contributed by atoms with E-state index in [1.165, 1.54) is 24.7 Å². The Kier molecular flexibility index (Phi) is 6.11. The minimum absolute atomic E-state index is 0.0118. The first-order chi connectivity index (χ1) is 11.4. The molecular formula is C18H22N2O3S. The predicted octanol–water partition coefficient (Wildman–Crippen LogP) is 2.35. The summed E-state index contributed by atoms with van der Waals surface area (Å²) in [5.74, 6) is -0.274. The van der Waals surface area contributed by atoms with Gasteiger partial charge < -0.3 is 5.32 Å². The van der Waals surface area contributed by atoms with E-state index in [1.807, 2.05) is 25.1 Å². The molecular weight excluding hydrogens is 324 g/mol. The number of carbonyl (C=O) groups excluding carboxylic acids is 1. The largest absolute Gasteiger partial charge is 0.350 e. The lowest BCUT2D eigenvalue weighted by Crippen LogP contribution is -2.33. The number of sulfonamides is 1. The molecule has 0 aliphatic carbocycles. The average molecular weight is 346 g/mol. The van der Waals surface area contributed by atoms with E-state index in [0.717, 1.165) is 12.8 Å². The summed E-state index contributed by atoms with van der Waals surface area (Å²) in [4.78, 5) is 12.4. The van der Waals surface area contributed by atoms with Crippen LogP contribution in [0.3, 0.4) is 0 Å². The Morgan fingerprint density at radius 2 is 1.79 bits per heavy atom. The highest BCUT2D eigenvalue weighted by Gasteiger charge is 2.15. The summed E-state index contributed by atoms with van der Waals surface area (Å²) in [6.07, 6.45) is 1.68. The van der Waals surface area contributed by atoms with Crippen molar-refractivity contribution in [3.05, 3.63) is 65.7 Å². The summed E-state index contributed by atoms with van der Waals surface area (Å²) >= 11 is 0. The molecule has 5 nitrogen and oxygen atoms in total. The van der Waals surface area contributed by atoms with E-state index >= 15 is 0 Å². The highest BCUT2D eigenvalue weighted by atomic mass is 32.2. The molecule has 2 rings (SSSR count). The second-order valence-electron chi connectivity index (χ2n) is 5.63. The fraction of sp³-hybridized carbons (Fsp3) is 0.278. The van der Waals surface area contributed by atoms with Crippen molar-refractivity contribution >= 4 is 15.9 Å². The monoisotopic (exact) mass is 346 g/mol. The molecule has 0 radical (unpaired) electrons. The maximum absolute atomic E-state index is 12.3. The molecule has 0 fully saturated rings. The molecule has 2 N–H and O–H groups in total. The zero-order valence-electron chi connectivity index (χ0n) is 13.8. The number of nitrogens with one attached hydrogen (secondary N) is 2. The molecule has 24 heavy (non-hydrogen) atoms.